The second-order valence-electron chi connectivity index (χ2n) is 8.02. The van der Waals surface area contributed by atoms with Gasteiger partial charge in [-0.1, -0.05) is 13.8 Å². The van der Waals surface area contributed by atoms with Crippen LogP contribution in [0.2, 0.25) is 0 Å². The minimum atomic E-state index is -4.80. The number of fused-ring (bicyclic) bond motifs is 1. The number of alkyl halides is 3. The molecule has 1 N–H and O–H groups in total. The SMILES string of the molecule is CC(C)Cc1cnc2c(c1SCC(=O)Nc1ccc(OC(F)(F)F)cc1)c(=O)n(C)c(=O)n2C. The fraction of sp³-hybridized carbons (Fsp3) is 0.364. The monoisotopic (exact) mass is 496 g/mol. The Hall–Kier alpha value is -3.28. The number of nitrogens with zero attached hydrogens (tertiary/aromatic N) is 3. The van der Waals surface area contributed by atoms with E-state index in [2.05, 4.69) is 15.0 Å². The topological polar surface area (TPSA) is 95.2 Å². The molecular weight excluding hydrogens is 473 g/mol. The van der Waals surface area contributed by atoms with Gasteiger partial charge in [0.15, 0.2) is 0 Å². The van der Waals surface area contributed by atoms with Crippen LogP contribution < -0.4 is 21.3 Å². The van der Waals surface area contributed by atoms with Crippen molar-refractivity contribution in [3.63, 3.8) is 0 Å². The minimum Gasteiger partial charge on any atom is -0.406 e. The average molecular weight is 497 g/mol. The summed E-state index contributed by atoms with van der Waals surface area (Å²) < 4.78 is 43.0. The lowest BCUT2D eigenvalue weighted by atomic mass is 10.0. The Kier molecular flexibility index (Phi) is 7.39. The number of carbonyl (C=O) groups excluding carboxylic acids is 1. The fourth-order valence-corrected chi connectivity index (χ4v) is 4.36. The van der Waals surface area contributed by atoms with E-state index in [1.165, 1.54) is 30.8 Å². The van der Waals surface area contributed by atoms with Gasteiger partial charge in [-0.15, -0.1) is 24.9 Å². The van der Waals surface area contributed by atoms with E-state index in [0.29, 0.717) is 17.0 Å². The van der Waals surface area contributed by atoms with Gasteiger partial charge in [-0.2, -0.15) is 0 Å². The van der Waals surface area contributed by atoms with Gasteiger partial charge in [0.25, 0.3) is 5.56 Å². The maximum atomic E-state index is 12.9. The Labute approximate surface area is 196 Å². The van der Waals surface area contributed by atoms with Crippen molar-refractivity contribution >= 4 is 34.4 Å². The van der Waals surface area contributed by atoms with Crippen LogP contribution in [0.25, 0.3) is 11.0 Å². The predicted octanol–water partition coefficient (Wildman–Crippen LogP) is 3.46. The highest BCUT2D eigenvalue weighted by Crippen LogP contribution is 2.30. The number of anilines is 1. The molecule has 1 aromatic carbocycles. The Morgan fingerprint density at radius 1 is 1.15 bits per heavy atom. The van der Waals surface area contributed by atoms with Gasteiger partial charge in [-0.3, -0.25) is 18.7 Å². The van der Waals surface area contributed by atoms with E-state index in [9.17, 15) is 27.6 Å². The third-order valence-corrected chi connectivity index (χ3v) is 6.00. The van der Waals surface area contributed by atoms with E-state index in [-0.39, 0.29) is 22.7 Å². The van der Waals surface area contributed by atoms with Crippen molar-refractivity contribution in [1.82, 2.24) is 14.1 Å². The van der Waals surface area contributed by atoms with Crippen molar-refractivity contribution in [3.05, 3.63) is 56.9 Å². The maximum absolute atomic E-state index is 12.9. The summed E-state index contributed by atoms with van der Waals surface area (Å²) in [5, 5.41) is 2.86. The molecule has 2 aromatic heterocycles. The second-order valence-corrected chi connectivity index (χ2v) is 9.01. The maximum Gasteiger partial charge on any atom is 0.573 e. The minimum absolute atomic E-state index is 0.0724. The summed E-state index contributed by atoms with van der Waals surface area (Å²) >= 11 is 1.14. The van der Waals surface area contributed by atoms with Crippen LogP contribution in [0.1, 0.15) is 19.4 Å². The van der Waals surface area contributed by atoms with E-state index in [1.807, 2.05) is 13.8 Å². The summed E-state index contributed by atoms with van der Waals surface area (Å²) in [7, 11) is 2.90. The zero-order valence-electron chi connectivity index (χ0n) is 18.9. The van der Waals surface area contributed by atoms with Crippen molar-refractivity contribution in [3.8, 4) is 5.75 Å². The molecule has 1 amide bonds. The van der Waals surface area contributed by atoms with Gasteiger partial charge in [0.05, 0.1) is 11.1 Å². The molecule has 3 rings (SSSR count). The number of amides is 1. The summed E-state index contributed by atoms with van der Waals surface area (Å²) in [6.07, 6.45) is -2.58. The number of benzene rings is 1. The molecule has 0 atom stereocenters. The lowest BCUT2D eigenvalue weighted by Crippen LogP contribution is -2.37. The fourth-order valence-electron chi connectivity index (χ4n) is 3.37. The third-order valence-electron chi connectivity index (χ3n) is 4.84. The number of thioether (sulfide) groups is 1. The highest BCUT2D eigenvalue weighted by atomic mass is 32.2. The first-order chi connectivity index (χ1) is 15.9. The Balaban J connectivity index is 1.86. The molecule has 2 heterocycles. The van der Waals surface area contributed by atoms with Gasteiger partial charge in [0.2, 0.25) is 5.91 Å². The van der Waals surface area contributed by atoms with Gasteiger partial charge >= 0.3 is 12.1 Å². The van der Waals surface area contributed by atoms with Gasteiger partial charge in [-0.05, 0) is 42.2 Å². The van der Waals surface area contributed by atoms with Crippen molar-refractivity contribution in [1.29, 1.82) is 0 Å². The molecule has 8 nitrogen and oxygen atoms in total. The zero-order chi connectivity index (χ0) is 25.2. The van der Waals surface area contributed by atoms with E-state index in [1.54, 1.807) is 6.20 Å². The van der Waals surface area contributed by atoms with E-state index < -0.39 is 29.3 Å². The van der Waals surface area contributed by atoms with Crippen LogP contribution in [-0.2, 0) is 25.3 Å². The number of hydrogen-bond donors (Lipinski definition) is 1. The van der Waals surface area contributed by atoms with Crippen LogP contribution in [0.15, 0.2) is 44.9 Å². The molecule has 3 aromatic rings. The Bertz CT molecular complexity index is 1330. The number of rotatable bonds is 7. The second kappa shape index (κ2) is 9.92. The van der Waals surface area contributed by atoms with Crippen LogP contribution in [0.5, 0.6) is 5.75 Å². The average Bonchev–Trinajstić information content (AvgIpc) is 2.75. The molecule has 0 aliphatic heterocycles. The molecule has 34 heavy (non-hydrogen) atoms. The van der Waals surface area contributed by atoms with Crippen molar-refractivity contribution in [2.45, 2.75) is 31.5 Å². The smallest absolute Gasteiger partial charge is 0.406 e. The molecule has 0 aliphatic carbocycles. The first-order valence-electron chi connectivity index (χ1n) is 10.2. The lowest BCUT2D eigenvalue weighted by Gasteiger charge is -2.15. The molecule has 0 spiro atoms. The Morgan fingerprint density at radius 3 is 2.38 bits per heavy atom. The zero-order valence-corrected chi connectivity index (χ0v) is 19.7. The highest BCUT2D eigenvalue weighted by Gasteiger charge is 2.31. The molecule has 0 radical (unpaired) electrons. The van der Waals surface area contributed by atoms with Gasteiger partial charge in [0.1, 0.15) is 11.4 Å². The summed E-state index contributed by atoms with van der Waals surface area (Å²) in [6.45, 7) is 4.02. The van der Waals surface area contributed by atoms with Gasteiger partial charge in [0, 0.05) is 30.9 Å². The third kappa shape index (κ3) is 5.79. The molecule has 0 saturated heterocycles. The number of nitrogens with one attached hydrogen (secondary N) is 1. The molecule has 0 aliphatic rings. The van der Waals surface area contributed by atoms with Crippen molar-refractivity contribution in [2.24, 2.45) is 20.0 Å². The first kappa shape index (κ1) is 25.3. The number of carbonyl (C=O) groups is 1. The predicted molar refractivity (Wildman–Crippen MR) is 123 cm³/mol. The van der Waals surface area contributed by atoms with E-state index in [4.69, 9.17) is 0 Å². The highest BCUT2D eigenvalue weighted by molar-refractivity contribution is 8.00. The molecule has 0 fully saturated rings. The standard InChI is InChI=1S/C22H23F3N4O4S/c1-12(2)9-13-10-26-19-17(20(31)29(4)21(32)28(19)3)18(13)34-11-16(30)27-14-5-7-15(8-6-14)33-22(23,24)25/h5-8,10,12H,9,11H2,1-4H3,(H,27,30). The number of halogens is 3. The molecular formula is C22H23F3N4O4S. The first-order valence-corrected chi connectivity index (χ1v) is 11.2. The summed E-state index contributed by atoms with van der Waals surface area (Å²) in [4.78, 5) is 42.7. The van der Waals surface area contributed by atoms with Crippen molar-refractivity contribution in [2.75, 3.05) is 11.1 Å². The molecule has 0 saturated carbocycles. The number of pyridine rings is 1. The number of aryl methyl sites for hydroxylation is 1. The van der Waals surface area contributed by atoms with Crippen LogP contribution >= 0.6 is 11.8 Å². The van der Waals surface area contributed by atoms with Crippen molar-refractivity contribution < 1.29 is 22.7 Å². The van der Waals surface area contributed by atoms with E-state index >= 15 is 0 Å². The lowest BCUT2D eigenvalue weighted by molar-refractivity contribution is -0.274. The van der Waals surface area contributed by atoms with Gasteiger partial charge in [-0.25, -0.2) is 9.78 Å². The summed E-state index contributed by atoms with van der Waals surface area (Å²) in [5.41, 5.74) is 0.293. The molecule has 182 valence electrons. The number of ether oxygens (including phenoxy) is 1. The van der Waals surface area contributed by atoms with Crippen LogP contribution in [0.3, 0.4) is 0 Å². The molecule has 0 bridgehead atoms. The Morgan fingerprint density at radius 2 is 1.79 bits per heavy atom. The van der Waals surface area contributed by atoms with Crippen LogP contribution in [0, 0.1) is 5.92 Å². The summed E-state index contributed by atoms with van der Waals surface area (Å²) in [5.74, 6) is -0.641. The molecule has 12 heteroatoms. The number of hydrogen-bond acceptors (Lipinski definition) is 6. The summed E-state index contributed by atoms with van der Waals surface area (Å²) in [6, 6.07) is 4.78. The number of aromatic nitrogens is 3. The molecule has 0 unspecified atom stereocenters. The van der Waals surface area contributed by atoms with E-state index in [0.717, 1.165) is 34.0 Å². The van der Waals surface area contributed by atoms with Crippen LogP contribution in [-0.4, -0.2) is 32.1 Å². The largest absolute Gasteiger partial charge is 0.573 e. The van der Waals surface area contributed by atoms with Crippen LogP contribution in [0.4, 0.5) is 18.9 Å². The quantitative estimate of drug-likeness (QED) is 0.504. The van der Waals surface area contributed by atoms with Gasteiger partial charge < -0.3 is 10.1 Å². The normalized spacial score (nSPS) is 11.8.